The zero-order valence-corrected chi connectivity index (χ0v) is 13.1. The zero-order valence-electron chi connectivity index (χ0n) is 12.3. The van der Waals surface area contributed by atoms with Crippen LogP contribution in [-0.2, 0) is 0 Å². The largest absolute Gasteiger partial charge is 0.502 e. The van der Waals surface area contributed by atoms with Crippen LogP contribution in [0.5, 0.6) is 0 Å². The van der Waals surface area contributed by atoms with Crippen LogP contribution >= 0.6 is 11.6 Å². The molecule has 0 fully saturated rings. The van der Waals surface area contributed by atoms with Crippen molar-refractivity contribution in [1.29, 1.82) is 15.8 Å². The van der Waals surface area contributed by atoms with Gasteiger partial charge in [0.1, 0.15) is 18.2 Å². The minimum Gasteiger partial charge on any atom is -0.502 e. The van der Waals surface area contributed by atoms with Crippen molar-refractivity contribution in [1.82, 2.24) is 0 Å². The van der Waals surface area contributed by atoms with Gasteiger partial charge >= 0.3 is 0 Å². The van der Waals surface area contributed by atoms with Crippen LogP contribution in [-0.4, -0.2) is 5.11 Å². The molecule has 1 aromatic carbocycles. The topological polar surface area (TPSA) is 95.5 Å². The molecule has 2 rings (SSSR count). The second-order valence-corrected chi connectivity index (χ2v) is 5.01. The molecule has 6 heteroatoms. The fourth-order valence-electron chi connectivity index (χ4n) is 2.03. The maximum atomic E-state index is 10.7. The summed E-state index contributed by atoms with van der Waals surface area (Å²) in [5.41, 5.74) is -0.166. The van der Waals surface area contributed by atoms with E-state index in [0.717, 1.165) is 0 Å². The molecular weight excluding hydrogens is 324 g/mol. The van der Waals surface area contributed by atoms with E-state index in [4.69, 9.17) is 22.1 Å². The summed E-state index contributed by atoms with van der Waals surface area (Å²) in [5.74, 6) is -0.248. The molecule has 1 aromatic heterocycles. The maximum absolute atomic E-state index is 10.7. The third kappa shape index (κ3) is 3.42. The molecule has 0 aliphatic rings. The molecule has 0 amide bonds. The van der Waals surface area contributed by atoms with Gasteiger partial charge in [0.2, 0.25) is 0 Å². The van der Waals surface area contributed by atoms with Crippen LogP contribution < -0.4 is 4.57 Å². The summed E-state index contributed by atoms with van der Waals surface area (Å²) >= 11 is 5.85. The molecule has 0 atom stereocenters. The lowest BCUT2D eigenvalue weighted by molar-refractivity contribution is -0.579. The lowest BCUT2D eigenvalue weighted by Crippen LogP contribution is -2.33. The number of aromatic nitrogens is 1. The predicted octanol–water partition coefficient (Wildman–Crippen LogP) is 3.38. The van der Waals surface area contributed by atoms with Crippen LogP contribution in [0.15, 0.2) is 66.0 Å². The SMILES string of the molecule is N#CC(C#N)=C(C#N)C(=C(O)c1ccc(Cl)cc1)[n+]1ccccc1. The molecule has 0 spiro atoms. The molecule has 1 heterocycles. The number of aliphatic hydroxyl groups is 1. The number of benzene rings is 1. The van der Waals surface area contributed by atoms with E-state index >= 15 is 0 Å². The van der Waals surface area contributed by atoms with E-state index in [2.05, 4.69) is 0 Å². The number of hydrogen-bond donors (Lipinski definition) is 1. The molecule has 0 saturated carbocycles. The monoisotopic (exact) mass is 333 g/mol. The van der Waals surface area contributed by atoms with Crippen LogP contribution in [0.25, 0.3) is 11.5 Å². The van der Waals surface area contributed by atoms with Crippen LogP contribution in [0, 0.1) is 34.0 Å². The Morgan fingerprint density at radius 3 is 2.00 bits per heavy atom. The highest BCUT2D eigenvalue weighted by Crippen LogP contribution is 2.24. The van der Waals surface area contributed by atoms with Crippen molar-refractivity contribution < 1.29 is 9.67 Å². The van der Waals surface area contributed by atoms with E-state index in [0.29, 0.717) is 10.6 Å². The van der Waals surface area contributed by atoms with E-state index in [1.54, 1.807) is 67.0 Å². The van der Waals surface area contributed by atoms with Crippen LogP contribution in [0.3, 0.4) is 0 Å². The quantitative estimate of drug-likeness (QED) is 0.403. The Hall–Kier alpha value is -3.59. The van der Waals surface area contributed by atoms with Crippen LogP contribution in [0.2, 0.25) is 5.02 Å². The normalized spacial score (nSPS) is 10.6. The summed E-state index contributed by atoms with van der Waals surface area (Å²) in [6, 6.07) is 16.7. The van der Waals surface area contributed by atoms with Crippen molar-refractivity contribution >= 4 is 23.1 Å². The van der Waals surface area contributed by atoms with Gasteiger partial charge in [0.25, 0.3) is 5.70 Å². The molecule has 0 bridgehead atoms. The predicted molar refractivity (Wildman–Crippen MR) is 87.7 cm³/mol. The summed E-state index contributed by atoms with van der Waals surface area (Å²) in [4.78, 5) is 0. The van der Waals surface area contributed by atoms with Gasteiger partial charge in [-0.25, -0.2) is 0 Å². The first-order valence-electron chi connectivity index (χ1n) is 6.73. The Morgan fingerprint density at radius 1 is 0.917 bits per heavy atom. The van der Waals surface area contributed by atoms with E-state index in [1.807, 2.05) is 6.07 Å². The van der Waals surface area contributed by atoms with E-state index in [9.17, 15) is 10.4 Å². The fraction of sp³-hybridized carbons (Fsp3) is 0. The highest BCUT2D eigenvalue weighted by Gasteiger charge is 2.26. The van der Waals surface area contributed by atoms with Crippen LogP contribution in [0.1, 0.15) is 5.56 Å². The standard InChI is InChI=1S/C18H9ClN4O/c19-15-6-4-13(5-7-15)18(24)17(23-8-2-1-3-9-23)16(12-22)14(10-20)11-21/h1-9H/p+1. The summed E-state index contributed by atoms with van der Waals surface area (Å²) in [7, 11) is 0. The minimum absolute atomic E-state index is 0.0403. The molecule has 5 nitrogen and oxygen atoms in total. The third-order valence-electron chi connectivity index (χ3n) is 3.14. The Kier molecular flexibility index (Phi) is 5.32. The molecule has 24 heavy (non-hydrogen) atoms. The number of rotatable bonds is 3. The van der Waals surface area contributed by atoms with Gasteiger partial charge in [-0.3, -0.25) is 0 Å². The van der Waals surface area contributed by atoms with Gasteiger partial charge in [0.05, 0.1) is 0 Å². The van der Waals surface area contributed by atoms with Crippen molar-refractivity contribution in [3.05, 3.63) is 76.6 Å². The molecule has 0 unspecified atom stereocenters. The first kappa shape index (κ1) is 16.8. The van der Waals surface area contributed by atoms with Gasteiger partial charge in [-0.1, -0.05) is 17.7 Å². The van der Waals surface area contributed by atoms with Crippen LogP contribution in [0.4, 0.5) is 0 Å². The molecular formula is C18H10ClN4O+. The lowest BCUT2D eigenvalue weighted by Gasteiger charge is -2.05. The summed E-state index contributed by atoms with van der Waals surface area (Å²) < 4.78 is 1.47. The number of aliphatic hydroxyl groups excluding tert-OH is 1. The molecule has 2 aromatic rings. The van der Waals surface area contributed by atoms with E-state index < -0.39 is 0 Å². The second-order valence-electron chi connectivity index (χ2n) is 4.57. The van der Waals surface area contributed by atoms with E-state index in [1.165, 1.54) is 4.57 Å². The first-order chi connectivity index (χ1) is 11.6. The highest BCUT2D eigenvalue weighted by atomic mass is 35.5. The molecule has 1 N–H and O–H groups in total. The zero-order chi connectivity index (χ0) is 17.5. The van der Waals surface area contributed by atoms with Gasteiger partial charge in [0.15, 0.2) is 29.3 Å². The van der Waals surface area contributed by atoms with Crippen molar-refractivity contribution in [2.24, 2.45) is 0 Å². The Bertz CT molecular complexity index is 924. The molecule has 0 aliphatic carbocycles. The minimum atomic E-state index is -0.385. The lowest BCUT2D eigenvalue weighted by atomic mass is 10.0. The van der Waals surface area contributed by atoms with Gasteiger partial charge in [-0.05, 0) is 24.3 Å². The number of nitriles is 3. The first-order valence-corrected chi connectivity index (χ1v) is 7.11. The third-order valence-corrected chi connectivity index (χ3v) is 3.39. The number of allylic oxidation sites excluding steroid dienone is 3. The number of pyridine rings is 1. The fourth-order valence-corrected chi connectivity index (χ4v) is 2.15. The molecule has 0 saturated heterocycles. The van der Waals surface area contributed by atoms with Gasteiger partial charge in [-0.15, -0.1) is 0 Å². The van der Waals surface area contributed by atoms with Crippen molar-refractivity contribution in [3.63, 3.8) is 0 Å². The Labute approximate surface area is 143 Å². The second kappa shape index (κ2) is 7.61. The van der Waals surface area contributed by atoms with Crippen molar-refractivity contribution in [3.8, 4) is 18.2 Å². The summed E-state index contributed by atoms with van der Waals surface area (Å²) in [5, 5.41) is 38.8. The number of hydrogen-bond acceptors (Lipinski definition) is 4. The average molecular weight is 334 g/mol. The summed E-state index contributed by atoms with van der Waals surface area (Å²) in [6.07, 6.45) is 3.20. The number of nitrogens with zero attached hydrogens (tertiary/aromatic N) is 4. The van der Waals surface area contributed by atoms with E-state index in [-0.39, 0.29) is 22.6 Å². The number of halogens is 1. The highest BCUT2D eigenvalue weighted by molar-refractivity contribution is 6.30. The van der Waals surface area contributed by atoms with Gasteiger partial charge < -0.3 is 5.11 Å². The van der Waals surface area contributed by atoms with Crippen molar-refractivity contribution in [2.75, 3.05) is 0 Å². The van der Waals surface area contributed by atoms with Gasteiger partial charge in [-0.2, -0.15) is 20.4 Å². The summed E-state index contributed by atoms with van der Waals surface area (Å²) in [6.45, 7) is 0. The molecule has 0 radical (unpaired) electrons. The molecule has 0 aliphatic heterocycles. The van der Waals surface area contributed by atoms with Crippen molar-refractivity contribution in [2.45, 2.75) is 0 Å². The maximum Gasteiger partial charge on any atom is 0.273 e. The molecule has 114 valence electrons. The smallest absolute Gasteiger partial charge is 0.273 e. The average Bonchev–Trinajstić information content (AvgIpc) is 2.63. The Morgan fingerprint density at radius 2 is 1.50 bits per heavy atom. The van der Waals surface area contributed by atoms with Gasteiger partial charge in [0, 0.05) is 22.7 Å². The Balaban J connectivity index is 2.83.